The molecule has 0 radical (unpaired) electrons. The number of carbonyl (C=O) groups excluding carboxylic acids is 1. The first-order valence-electron chi connectivity index (χ1n) is 8.15. The van der Waals surface area contributed by atoms with Gasteiger partial charge in [0, 0.05) is 24.5 Å². The van der Waals surface area contributed by atoms with Gasteiger partial charge in [-0.25, -0.2) is 0 Å². The molecule has 2 aromatic carbocycles. The molecule has 24 heavy (non-hydrogen) atoms. The van der Waals surface area contributed by atoms with E-state index in [9.17, 15) is 4.79 Å². The summed E-state index contributed by atoms with van der Waals surface area (Å²) in [6, 6.07) is 16.5. The Morgan fingerprint density at radius 1 is 1.17 bits per heavy atom. The first-order chi connectivity index (χ1) is 11.6. The van der Waals surface area contributed by atoms with E-state index in [0.29, 0.717) is 0 Å². The van der Waals surface area contributed by atoms with Crippen LogP contribution in [0, 0.1) is 0 Å². The van der Waals surface area contributed by atoms with Crippen molar-refractivity contribution in [2.24, 2.45) is 10.7 Å². The second-order valence-corrected chi connectivity index (χ2v) is 5.86. The Balaban J connectivity index is 1.67. The molecule has 2 aromatic rings. The second kappa shape index (κ2) is 7.27. The van der Waals surface area contributed by atoms with Crippen molar-refractivity contribution in [2.75, 3.05) is 23.3 Å². The van der Waals surface area contributed by atoms with E-state index in [2.05, 4.69) is 15.2 Å². The molecular weight excluding hydrogens is 300 g/mol. The van der Waals surface area contributed by atoms with Crippen molar-refractivity contribution >= 4 is 23.1 Å². The van der Waals surface area contributed by atoms with Gasteiger partial charge in [0.25, 0.3) is 0 Å². The summed E-state index contributed by atoms with van der Waals surface area (Å²) in [4.78, 5) is 18.9. The van der Waals surface area contributed by atoms with Crippen LogP contribution < -0.4 is 16.0 Å². The fourth-order valence-corrected chi connectivity index (χ4v) is 2.79. The quantitative estimate of drug-likeness (QED) is 0.909. The zero-order valence-corrected chi connectivity index (χ0v) is 13.8. The molecule has 3 N–H and O–H groups in total. The normalized spacial score (nSPS) is 15.6. The molecule has 5 nitrogen and oxygen atoms in total. The molecular formula is C19H22N4O. The second-order valence-electron chi connectivity index (χ2n) is 5.86. The molecule has 0 aromatic heterocycles. The van der Waals surface area contributed by atoms with E-state index in [4.69, 9.17) is 5.73 Å². The minimum absolute atomic E-state index is 0.218. The zero-order valence-electron chi connectivity index (χ0n) is 13.8. The molecule has 1 aliphatic heterocycles. The van der Waals surface area contributed by atoms with E-state index in [1.807, 2.05) is 61.5 Å². The van der Waals surface area contributed by atoms with Crippen LogP contribution in [0.3, 0.4) is 0 Å². The van der Waals surface area contributed by atoms with Gasteiger partial charge in [-0.05, 0) is 43.2 Å². The molecule has 1 unspecified atom stereocenters. The minimum Gasteiger partial charge on any atom is -0.330 e. The van der Waals surface area contributed by atoms with Crippen LogP contribution in [-0.4, -0.2) is 24.8 Å². The van der Waals surface area contributed by atoms with Crippen LogP contribution in [0.4, 0.5) is 11.4 Å². The van der Waals surface area contributed by atoms with E-state index in [0.717, 1.165) is 42.3 Å². The molecule has 0 fully saturated rings. The fourth-order valence-electron chi connectivity index (χ4n) is 2.79. The monoisotopic (exact) mass is 322 g/mol. The van der Waals surface area contributed by atoms with Crippen molar-refractivity contribution in [3.63, 3.8) is 0 Å². The number of nitrogens with two attached hydrogens (primary N) is 1. The molecule has 1 heterocycles. The molecule has 0 saturated carbocycles. The maximum atomic E-state index is 12.3. The summed E-state index contributed by atoms with van der Waals surface area (Å²) >= 11 is 0. The molecule has 1 aliphatic rings. The SMILES string of the molecule is CC1=NCCCN1c1ccc(NC(=O)C(N)c2ccccc2)cc1. The number of carbonyl (C=O) groups is 1. The third-order valence-electron chi connectivity index (χ3n) is 4.16. The van der Waals surface area contributed by atoms with E-state index < -0.39 is 6.04 Å². The van der Waals surface area contributed by atoms with Gasteiger partial charge in [0.2, 0.25) is 5.91 Å². The van der Waals surface area contributed by atoms with Crippen molar-refractivity contribution in [1.82, 2.24) is 0 Å². The first-order valence-corrected chi connectivity index (χ1v) is 8.15. The van der Waals surface area contributed by atoms with Crippen molar-refractivity contribution in [3.05, 3.63) is 60.2 Å². The van der Waals surface area contributed by atoms with Crippen LogP contribution >= 0.6 is 0 Å². The van der Waals surface area contributed by atoms with Gasteiger partial charge in [0.1, 0.15) is 11.9 Å². The average Bonchev–Trinajstić information content (AvgIpc) is 2.63. The Morgan fingerprint density at radius 2 is 1.88 bits per heavy atom. The van der Waals surface area contributed by atoms with Crippen LogP contribution in [0.25, 0.3) is 0 Å². The summed E-state index contributed by atoms with van der Waals surface area (Å²) < 4.78 is 0. The van der Waals surface area contributed by atoms with Gasteiger partial charge in [0.05, 0.1) is 0 Å². The van der Waals surface area contributed by atoms with Crippen molar-refractivity contribution in [3.8, 4) is 0 Å². The Bertz CT molecular complexity index is 725. The predicted octanol–water partition coefficient (Wildman–Crippen LogP) is 2.95. The van der Waals surface area contributed by atoms with Crippen LogP contribution in [0.15, 0.2) is 59.6 Å². The predicted molar refractivity (Wildman–Crippen MR) is 98.4 cm³/mol. The molecule has 0 aliphatic carbocycles. The largest absolute Gasteiger partial charge is 0.330 e. The Kier molecular flexibility index (Phi) is 4.91. The highest BCUT2D eigenvalue weighted by atomic mass is 16.2. The highest BCUT2D eigenvalue weighted by molar-refractivity contribution is 5.98. The first kappa shape index (κ1) is 16.2. The van der Waals surface area contributed by atoms with Gasteiger partial charge >= 0.3 is 0 Å². The van der Waals surface area contributed by atoms with E-state index >= 15 is 0 Å². The lowest BCUT2D eigenvalue weighted by atomic mass is 10.1. The smallest absolute Gasteiger partial charge is 0.245 e. The molecule has 0 saturated heterocycles. The number of benzene rings is 2. The van der Waals surface area contributed by atoms with E-state index in [-0.39, 0.29) is 5.91 Å². The molecule has 3 rings (SSSR count). The van der Waals surface area contributed by atoms with Gasteiger partial charge < -0.3 is 16.0 Å². The molecule has 1 atom stereocenters. The topological polar surface area (TPSA) is 70.7 Å². The summed E-state index contributed by atoms with van der Waals surface area (Å²) in [5.41, 5.74) is 8.64. The molecule has 1 amide bonds. The van der Waals surface area contributed by atoms with E-state index in [1.54, 1.807) is 0 Å². The number of aliphatic imine (C=N–C) groups is 1. The number of hydrogen-bond acceptors (Lipinski definition) is 4. The molecule has 0 bridgehead atoms. The number of hydrogen-bond donors (Lipinski definition) is 2. The minimum atomic E-state index is -0.678. The van der Waals surface area contributed by atoms with Crippen LogP contribution in [0.1, 0.15) is 24.9 Å². The number of amides is 1. The van der Waals surface area contributed by atoms with Crippen molar-refractivity contribution in [1.29, 1.82) is 0 Å². The fraction of sp³-hybridized carbons (Fsp3) is 0.263. The summed E-state index contributed by atoms with van der Waals surface area (Å²) in [5.74, 6) is 0.814. The van der Waals surface area contributed by atoms with Gasteiger partial charge in [-0.2, -0.15) is 0 Å². The standard InChI is InChI=1S/C19H22N4O/c1-14-21-12-5-13-23(14)17-10-8-16(9-11-17)22-19(24)18(20)15-6-3-2-4-7-15/h2-4,6-11,18H,5,12-13,20H2,1H3,(H,22,24). The summed E-state index contributed by atoms with van der Waals surface area (Å²) in [5, 5.41) is 2.87. The van der Waals surface area contributed by atoms with Crippen LogP contribution in [0.5, 0.6) is 0 Å². The third-order valence-corrected chi connectivity index (χ3v) is 4.16. The highest BCUT2D eigenvalue weighted by Crippen LogP contribution is 2.21. The number of amidine groups is 1. The van der Waals surface area contributed by atoms with Gasteiger partial charge in [-0.3, -0.25) is 9.79 Å². The number of nitrogens with one attached hydrogen (secondary N) is 1. The Morgan fingerprint density at radius 3 is 2.54 bits per heavy atom. The highest BCUT2D eigenvalue weighted by Gasteiger charge is 2.16. The molecule has 124 valence electrons. The lowest BCUT2D eigenvalue weighted by Gasteiger charge is -2.27. The maximum absolute atomic E-state index is 12.3. The van der Waals surface area contributed by atoms with Gasteiger partial charge in [0.15, 0.2) is 0 Å². The molecule has 5 heteroatoms. The summed E-state index contributed by atoms with van der Waals surface area (Å²) in [6.07, 6.45) is 1.06. The number of anilines is 2. The number of nitrogens with zero attached hydrogens (tertiary/aromatic N) is 2. The summed E-state index contributed by atoms with van der Waals surface area (Å²) in [6.45, 7) is 3.89. The van der Waals surface area contributed by atoms with Gasteiger partial charge in [-0.1, -0.05) is 30.3 Å². The Hall–Kier alpha value is -2.66. The maximum Gasteiger partial charge on any atom is 0.245 e. The van der Waals surface area contributed by atoms with E-state index in [1.165, 1.54) is 0 Å². The van der Waals surface area contributed by atoms with Crippen molar-refractivity contribution < 1.29 is 4.79 Å². The third kappa shape index (κ3) is 3.63. The summed E-state index contributed by atoms with van der Waals surface area (Å²) in [7, 11) is 0. The lowest BCUT2D eigenvalue weighted by molar-refractivity contribution is -0.117. The zero-order chi connectivity index (χ0) is 16.9. The average molecular weight is 322 g/mol. The van der Waals surface area contributed by atoms with Crippen molar-refractivity contribution in [2.45, 2.75) is 19.4 Å². The number of rotatable bonds is 4. The van der Waals surface area contributed by atoms with Gasteiger partial charge in [-0.15, -0.1) is 0 Å². The van der Waals surface area contributed by atoms with Crippen LogP contribution in [-0.2, 0) is 4.79 Å². The Labute approximate surface area is 142 Å². The van der Waals surface area contributed by atoms with Crippen LogP contribution in [0.2, 0.25) is 0 Å². The molecule has 0 spiro atoms. The lowest BCUT2D eigenvalue weighted by Crippen LogP contribution is -2.33.